The minimum absolute atomic E-state index is 0.0242. The number of anilines is 3. The molecule has 0 radical (unpaired) electrons. The van der Waals surface area contributed by atoms with Crippen molar-refractivity contribution in [2.45, 2.75) is 116 Å². The van der Waals surface area contributed by atoms with Gasteiger partial charge < -0.3 is 29.3 Å². The summed E-state index contributed by atoms with van der Waals surface area (Å²) in [6.45, 7) is 8.04. The highest BCUT2D eigenvalue weighted by molar-refractivity contribution is 8.77. The largest absolute Gasteiger partial charge is 0.493 e. The van der Waals surface area contributed by atoms with E-state index in [0.29, 0.717) is 41.3 Å². The number of Topliss-reactive ketones (excluding diaryl/α,β-unsaturated/α-hetero) is 1. The molecule has 0 fully saturated rings. The fourth-order valence-corrected chi connectivity index (χ4v) is 12.2. The van der Waals surface area contributed by atoms with Crippen molar-refractivity contribution in [3.8, 4) is 17.2 Å². The summed E-state index contributed by atoms with van der Waals surface area (Å²) in [6, 6.07) is 30.2. The molecule has 3 amide bonds. The number of nitrogens with zero attached hydrogens (tertiary/aromatic N) is 2. The summed E-state index contributed by atoms with van der Waals surface area (Å²) < 4.78 is 18.2. The number of benzene rings is 5. The standard InChI is InChI=1S/C54H57N3O7S2/c1-6-43(58)14-11-21-65-66-54(3,4)53(61)55-40-24-34(31-63-48-28-36-17-19-41-26-38-12-7-9-15-46(38)56(41)51(59)44(36)22-33(48)2)23-35(25-40)32-64-50-29-37-18-20-42-27-39-13-8-10-16-47(39)57(42)52(60)45(37)30-49(50)62-5/h7-10,12-13,15-16,22-25,28-30,41-42H,6,11,14,17-21,26-27,31-32H2,1-5H3,(H,55,61)/t41-,42-/m1/s1. The smallest absolute Gasteiger partial charge is 0.258 e. The van der Waals surface area contributed by atoms with E-state index < -0.39 is 4.75 Å². The molecule has 1 N–H and O–H groups in total. The van der Waals surface area contributed by atoms with Crippen LogP contribution in [-0.2, 0) is 48.5 Å². The monoisotopic (exact) mass is 923 g/mol. The molecule has 10 nitrogen and oxygen atoms in total. The van der Waals surface area contributed by atoms with E-state index in [9.17, 15) is 19.2 Å². The molecule has 0 bridgehead atoms. The zero-order valence-electron chi connectivity index (χ0n) is 38.4. The number of hydrogen-bond acceptors (Lipinski definition) is 9. The first-order valence-electron chi connectivity index (χ1n) is 23.1. The third-order valence-electron chi connectivity index (χ3n) is 13.3. The lowest BCUT2D eigenvalue weighted by Gasteiger charge is -2.23. The van der Waals surface area contributed by atoms with Crippen LogP contribution in [0.1, 0.15) is 113 Å². The van der Waals surface area contributed by atoms with Crippen molar-refractivity contribution in [2.24, 2.45) is 0 Å². The maximum Gasteiger partial charge on any atom is 0.258 e. The van der Waals surface area contributed by atoms with Crippen molar-refractivity contribution in [3.05, 3.63) is 141 Å². The quantitative estimate of drug-likeness (QED) is 0.0763. The Morgan fingerprint density at radius 3 is 1.88 bits per heavy atom. The van der Waals surface area contributed by atoms with Crippen molar-refractivity contribution >= 4 is 62.2 Å². The Bertz CT molecular complexity index is 2720. The predicted molar refractivity (Wildman–Crippen MR) is 265 cm³/mol. The van der Waals surface area contributed by atoms with Gasteiger partial charge in [0, 0.05) is 58.9 Å². The third kappa shape index (κ3) is 9.31. The molecule has 0 spiro atoms. The van der Waals surface area contributed by atoms with Crippen molar-refractivity contribution < 1.29 is 33.4 Å². The topological polar surface area (TPSA) is 114 Å². The fourth-order valence-electron chi connectivity index (χ4n) is 9.75. The molecule has 0 aliphatic carbocycles. The molecule has 0 saturated carbocycles. The van der Waals surface area contributed by atoms with Gasteiger partial charge in [0.05, 0.1) is 11.9 Å². The highest BCUT2D eigenvalue weighted by atomic mass is 33.1. The van der Waals surface area contributed by atoms with Crippen LogP contribution in [0.15, 0.2) is 91.0 Å². The second-order valence-corrected chi connectivity index (χ2v) is 21.4. The number of nitrogens with one attached hydrogen (secondary N) is 1. The Kier molecular flexibility index (Phi) is 13.3. The average Bonchev–Trinajstić information content (AvgIpc) is 3.81. The summed E-state index contributed by atoms with van der Waals surface area (Å²) in [4.78, 5) is 57.8. The zero-order chi connectivity index (χ0) is 46.1. The molecule has 0 saturated heterocycles. The number of carbonyl (C=O) groups is 4. The summed E-state index contributed by atoms with van der Waals surface area (Å²) in [5, 5.41) is 3.17. The van der Waals surface area contributed by atoms with Crippen LogP contribution in [0, 0.1) is 6.92 Å². The second kappa shape index (κ2) is 19.2. The first-order valence-corrected chi connectivity index (χ1v) is 25.4. The van der Waals surface area contributed by atoms with Gasteiger partial charge in [-0.2, -0.15) is 0 Å². The van der Waals surface area contributed by atoms with E-state index in [2.05, 4.69) is 17.4 Å². The lowest BCUT2D eigenvalue weighted by molar-refractivity contribution is -0.119. The molecule has 0 aromatic heterocycles. The summed E-state index contributed by atoms with van der Waals surface area (Å²) in [5.41, 5.74) is 10.8. The Hall–Kier alpha value is -5.72. The molecule has 0 unspecified atom stereocenters. The number of ether oxygens (including phenoxy) is 3. The van der Waals surface area contributed by atoms with E-state index in [1.807, 2.05) is 116 Å². The summed E-state index contributed by atoms with van der Waals surface area (Å²) >= 11 is 0. The number of para-hydroxylation sites is 2. The molecule has 66 heavy (non-hydrogen) atoms. The van der Waals surface area contributed by atoms with Crippen LogP contribution in [0.3, 0.4) is 0 Å². The maximum atomic E-state index is 14.1. The fraction of sp³-hybridized carbons (Fsp3) is 0.370. The Morgan fingerprint density at radius 1 is 0.727 bits per heavy atom. The van der Waals surface area contributed by atoms with Gasteiger partial charge in [0.25, 0.3) is 11.8 Å². The Morgan fingerprint density at radius 2 is 1.29 bits per heavy atom. The van der Waals surface area contributed by atoms with Crippen LogP contribution in [-0.4, -0.2) is 53.2 Å². The molecule has 4 heterocycles. The van der Waals surface area contributed by atoms with E-state index in [1.54, 1.807) is 17.9 Å². The van der Waals surface area contributed by atoms with Gasteiger partial charge in [0.15, 0.2) is 11.5 Å². The minimum atomic E-state index is -0.764. The Balaban J connectivity index is 0.948. The van der Waals surface area contributed by atoms with Crippen molar-refractivity contribution in [3.63, 3.8) is 0 Å². The van der Waals surface area contributed by atoms with Gasteiger partial charge in [-0.15, -0.1) is 0 Å². The highest BCUT2D eigenvalue weighted by Crippen LogP contribution is 2.43. The van der Waals surface area contributed by atoms with Gasteiger partial charge in [-0.1, -0.05) is 64.9 Å². The van der Waals surface area contributed by atoms with E-state index >= 15 is 0 Å². The first kappa shape index (κ1) is 45.4. The number of rotatable bonds is 16. The molecule has 9 rings (SSSR count). The van der Waals surface area contributed by atoms with Crippen LogP contribution in [0.4, 0.5) is 17.1 Å². The molecule has 5 aromatic carbocycles. The van der Waals surface area contributed by atoms with Gasteiger partial charge in [0.2, 0.25) is 5.91 Å². The molecule has 4 aliphatic rings. The molecule has 5 aromatic rings. The molecule has 2 atom stereocenters. The molecular weight excluding hydrogens is 867 g/mol. The van der Waals surface area contributed by atoms with Gasteiger partial charge in [0.1, 0.15) is 24.7 Å². The number of hydrogen-bond donors (Lipinski definition) is 1. The van der Waals surface area contributed by atoms with Crippen molar-refractivity contribution in [1.29, 1.82) is 0 Å². The second-order valence-electron chi connectivity index (χ2n) is 18.3. The number of methoxy groups -OCH3 is 1. The van der Waals surface area contributed by atoms with E-state index in [4.69, 9.17) is 14.2 Å². The number of carbonyl (C=O) groups excluding carboxylic acids is 4. The highest BCUT2D eigenvalue weighted by Gasteiger charge is 2.39. The number of amides is 3. The minimum Gasteiger partial charge on any atom is -0.493 e. The van der Waals surface area contributed by atoms with Gasteiger partial charge in [-0.3, -0.25) is 19.2 Å². The first-order chi connectivity index (χ1) is 31.9. The zero-order valence-corrected chi connectivity index (χ0v) is 40.0. The summed E-state index contributed by atoms with van der Waals surface area (Å²) in [7, 11) is 4.69. The molecular formula is C54H57N3O7S2. The van der Waals surface area contributed by atoms with Crippen molar-refractivity contribution in [2.75, 3.05) is 28.0 Å². The summed E-state index contributed by atoms with van der Waals surface area (Å²) in [5.74, 6) is 2.61. The normalized spacial score (nSPS) is 17.1. The maximum absolute atomic E-state index is 14.1. The average molecular weight is 924 g/mol. The van der Waals surface area contributed by atoms with Gasteiger partial charge in [-0.25, -0.2) is 0 Å². The van der Waals surface area contributed by atoms with Crippen LogP contribution in [0.5, 0.6) is 17.2 Å². The number of ketones is 1. The lowest BCUT2D eigenvalue weighted by atomic mass is 9.98. The van der Waals surface area contributed by atoms with Crippen LogP contribution in [0.25, 0.3) is 0 Å². The SMILES string of the molecule is CCC(=O)CCCSSC(C)(C)C(=O)Nc1cc(COc2cc3c(cc2C)C(=O)N2c4ccccc4C[C@H]2CC3)cc(COc2cc3c(cc2OC)C(=O)N2c4ccccc4C[C@H]2CC3)c1. The van der Waals surface area contributed by atoms with Gasteiger partial charge in [-0.05, 0) is 159 Å². The Labute approximate surface area is 395 Å². The van der Waals surface area contributed by atoms with Gasteiger partial charge >= 0.3 is 0 Å². The molecule has 4 aliphatic heterocycles. The third-order valence-corrected chi connectivity index (χ3v) is 16.6. The summed E-state index contributed by atoms with van der Waals surface area (Å²) in [6.07, 6.45) is 6.78. The van der Waals surface area contributed by atoms with E-state index in [-0.39, 0.29) is 48.8 Å². The van der Waals surface area contributed by atoms with Crippen LogP contribution in [0.2, 0.25) is 0 Å². The predicted octanol–water partition coefficient (Wildman–Crippen LogP) is 11.1. The lowest BCUT2D eigenvalue weighted by Crippen LogP contribution is -2.36. The number of aryl methyl sites for hydroxylation is 3. The number of fused-ring (bicyclic) bond motifs is 8. The molecule has 12 heteroatoms. The van der Waals surface area contributed by atoms with E-state index in [1.165, 1.54) is 21.9 Å². The van der Waals surface area contributed by atoms with Crippen LogP contribution < -0.4 is 29.3 Å². The van der Waals surface area contributed by atoms with Crippen LogP contribution >= 0.6 is 21.6 Å². The van der Waals surface area contributed by atoms with Crippen molar-refractivity contribution in [1.82, 2.24) is 0 Å². The van der Waals surface area contributed by atoms with E-state index in [0.717, 1.165) is 95.5 Å². The molecule has 342 valence electrons.